The average molecular weight is 232 g/mol. The number of nitrogens with zero attached hydrogens (tertiary/aromatic N) is 1. The molecule has 0 saturated heterocycles. The quantitative estimate of drug-likeness (QED) is 0.749. The number of benzene rings is 1. The summed E-state index contributed by atoms with van der Waals surface area (Å²) in [6, 6.07) is 4.74. The van der Waals surface area contributed by atoms with Gasteiger partial charge >= 0.3 is 12.3 Å². The van der Waals surface area contributed by atoms with Crippen molar-refractivity contribution in [1.82, 2.24) is 4.90 Å². The van der Waals surface area contributed by atoms with E-state index in [0.29, 0.717) is 0 Å². The van der Waals surface area contributed by atoms with Crippen LogP contribution in [0.5, 0.6) is 0 Å². The van der Waals surface area contributed by atoms with E-state index >= 15 is 0 Å². The topological polar surface area (TPSA) is 63.4 Å². The maximum absolute atomic E-state index is 12.3. The summed E-state index contributed by atoms with van der Waals surface area (Å²) in [5.74, 6) is -1.50. The molecule has 0 radical (unpaired) electrons. The number of carbonyl (C=O) groups excluding carboxylic acids is 2. The van der Waals surface area contributed by atoms with Gasteiger partial charge in [-0.05, 0) is 12.1 Å². The van der Waals surface area contributed by atoms with E-state index in [2.05, 4.69) is 5.73 Å². The second kappa shape index (κ2) is 4.21. The Balaban J connectivity index is 3.07. The Hall–Kier alpha value is -2.05. The number of nitrogens with two attached hydrogens (primary N) is 1. The molecule has 0 unspecified atom stereocenters. The summed E-state index contributed by atoms with van der Waals surface area (Å²) in [6.45, 7) is 0. The maximum atomic E-state index is 12.3. The molecule has 1 aromatic rings. The number of carbonyl (C=O) groups is 2. The molecule has 16 heavy (non-hydrogen) atoms. The predicted octanol–water partition coefficient (Wildman–Crippen LogP) is 1.73. The highest BCUT2D eigenvalue weighted by molar-refractivity contribution is 6.04. The molecule has 86 valence electrons. The Kier molecular flexibility index (Phi) is 3.17. The van der Waals surface area contributed by atoms with Gasteiger partial charge in [0.2, 0.25) is 0 Å². The number of urea groups is 1. The van der Waals surface area contributed by atoms with Crippen LogP contribution in [-0.2, 0) is 0 Å². The lowest BCUT2D eigenvalue weighted by atomic mass is 10.2. The number of primary amides is 1. The number of halogens is 3. The molecule has 0 aromatic heterocycles. The van der Waals surface area contributed by atoms with Crippen LogP contribution in [0.1, 0.15) is 10.4 Å². The Morgan fingerprint density at radius 3 is 2.00 bits per heavy atom. The highest BCUT2D eigenvalue weighted by atomic mass is 19.4. The SMILES string of the molecule is NC(=O)N(C(=O)c1ccccc1)C(F)(F)F. The lowest BCUT2D eigenvalue weighted by Gasteiger charge is -2.20. The van der Waals surface area contributed by atoms with Gasteiger partial charge in [0.05, 0.1) is 0 Å². The molecule has 0 aliphatic rings. The third kappa shape index (κ3) is 2.50. The second-order valence-electron chi connectivity index (χ2n) is 2.81. The molecule has 0 fully saturated rings. The van der Waals surface area contributed by atoms with Crippen molar-refractivity contribution in [3.63, 3.8) is 0 Å². The molecule has 0 aliphatic carbocycles. The zero-order valence-corrected chi connectivity index (χ0v) is 7.86. The summed E-state index contributed by atoms with van der Waals surface area (Å²) in [5.41, 5.74) is 4.24. The van der Waals surface area contributed by atoms with Crippen molar-refractivity contribution in [2.45, 2.75) is 6.30 Å². The maximum Gasteiger partial charge on any atom is 0.495 e. The highest BCUT2D eigenvalue weighted by Crippen LogP contribution is 2.23. The number of amides is 3. The van der Waals surface area contributed by atoms with Gasteiger partial charge in [0, 0.05) is 5.56 Å². The van der Waals surface area contributed by atoms with E-state index in [-0.39, 0.29) is 5.56 Å². The summed E-state index contributed by atoms with van der Waals surface area (Å²) >= 11 is 0. The van der Waals surface area contributed by atoms with Gasteiger partial charge in [0.1, 0.15) is 0 Å². The lowest BCUT2D eigenvalue weighted by Crippen LogP contribution is -2.49. The van der Waals surface area contributed by atoms with Gasteiger partial charge in [-0.25, -0.2) is 4.79 Å². The van der Waals surface area contributed by atoms with Crippen LogP contribution >= 0.6 is 0 Å². The zero-order chi connectivity index (χ0) is 12.3. The van der Waals surface area contributed by atoms with Crippen LogP contribution in [0.25, 0.3) is 0 Å². The van der Waals surface area contributed by atoms with Crippen molar-refractivity contribution < 1.29 is 22.8 Å². The summed E-state index contributed by atoms with van der Waals surface area (Å²) in [7, 11) is 0. The first-order chi connectivity index (χ1) is 7.34. The second-order valence-corrected chi connectivity index (χ2v) is 2.81. The fourth-order valence-corrected chi connectivity index (χ4v) is 1.05. The fourth-order valence-electron chi connectivity index (χ4n) is 1.05. The molecule has 3 amide bonds. The molecule has 0 saturated carbocycles. The van der Waals surface area contributed by atoms with E-state index < -0.39 is 23.1 Å². The van der Waals surface area contributed by atoms with Crippen LogP contribution in [0.3, 0.4) is 0 Å². The van der Waals surface area contributed by atoms with E-state index in [1.807, 2.05) is 0 Å². The Morgan fingerprint density at radius 2 is 1.62 bits per heavy atom. The van der Waals surface area contributed by atoms with Crippen LogP contribution in [0, 0.1) is 0 Å². The summed E-state index contributed by atoms with van der Waals surface area (Å²) in [4.78, 5) is 21.0. The van der Waals surface area contributed by atoms with E-state index in [0.717, 1.165) is 12.1 Å². The minimum absolute atomic E-state index is 0.265. The predicted molar refractivity (Wildman–Crippen MR) is 48.2 cm³/mol. The molecule has 7 heteroatoms. The Morgan fingerprint density at radius 1 is 1.12 bits per heavy atom. The summed E-state index contributed by atoms with van der Waals surface area (Å²) in [5, 5.41) is 0. The first-order valence-electron chi connectivity index (χ1n) is 4.10. The molecular formula is C9H7F3N2O2. The van der Waals surface area contributed by atoms with Crippen molar-refractivity contribution in [1.29, 1.82) is 0 Å². The number of alkyl halides is 3. The third-order valence-corrected chi connectivity index (χ3v) is 1.70. The first-order valence-corrected chi connectivity index (χ1v) is 4.10. The minimum atomic E-state index is -5.13. The molecule has 0 atom stereocenters. The van der Waals surface area contributed by atoms with Crippen LogP contribution < -0.4 is 5.73 Å². The third-order valence-electron chi connectivity index (χ3n) is 1.70. The monoisotopic (exact) mass is 232 g/mol. The van der Waals surface area contributed by atoms with E-state index in [1.54, 1.807) is 0 Å². The highest BCUT2D eigenvalue weighted by Gasteiger charge is 2.45. The van der Waals surface area contributed by atoms with Gasteiger partial charge < -0.3 is 5.73 Å². The van der Waals surface area contributed by atoms with Gasteiger partial charge in [-0.15, -0.1) is 13.2 Å². The van der Waals surface area contributed by atoms with Crippen molar-refractivity contribution in [3.8, 4) is 0 Å². The van der Waals surface area contributed by atoms with Crippen LogP contribution in [0.4, 0.5) is 18.0 Å². The number of imide groups is 1. The fraction of sp³-hybridized carbons (Fsp3) is 0.111. The number of hydrogen-bond donors (Lipinski definition) is 1. The molecule has 4 nitrogen and oxygen atoms in total. The lowest BCUT2D eigenvalue weighted by molar-refractivity contribution is -0.204. The largest absolute Gasteiger partial charge is 0.495 e. The Bertz CT molecular complexity index is 403. The summed E-state index contributed by atoms with van der Waals surface area (Å²) < 4.78 is 36.9. The van der Waals surface area contributed by atoms with Crippen LogP contribution in [0.15, 0.2) is 30.3 Å². The van der Waals surface area contributed by atoms with Crippen molar-refractivity contribution in [3.05, 3.63) is 35.9 Å². The summed E-state index contributed by atoms with van der Waals surface area (Å²) in [6.07, 6.45) is -5.13. The smallest absolute Gasteiger partial charge is 0.351 e. The van der Waals surface area contributed by atoms with Crippen molar-refractivity contribution in [2.24, 2.45) is 5.73 Å². The number of hydrogen-bond acceptors (Lipinski definition) is 2. The van der Waals surface area contributed by atoms with Gasteiger partial charge in [0.15, 0.2) is 0 Å². The molecule has 1 rings (SSSR count). The minimum Gasteiger partial charge on any atom is -0.351 e. The molecule has 0 aliphatic heterocycles. The molecule has 2 N–H and O–H groups in total. The standard InChI is InChI=1S/C9H7F3N2O2/c10-9(11,12)14(8(13)16)7(15)6-4-2-1-3-5-6/h1-5H,(H2,13,16). The zero-order valence-electron chi connectivity index (χ0n) is 7.86. The molecule has 0 heterocycles. The van der Waals surface area contributed by atoms with Crippen molar-refractivity contribution >= 4 is 11.9 Å². The molecule has 1 aromatic carbocycles. The average Bonchev–Trinajstić information content (AvgIpc) is 2.16. The van der Waals surface area contributed by atoms with Gasteiger partial charge in [-0.1, -0.05) is 18.2 Å². The van der Waals surface area contributed by atoms with Crippen LogP contribution in [0.2, 0.25) is 0 Å². The van der Waals surface area contributed by atoms with Gasteiger partial charge in [-0.3, -0.25) is 4.79 Å². The van der Waals surface area contributed by atoms with E-state index in [1.165, 1.54) is 18.2 Å². The van der Waals surface area contributed by atoms with Crippen molar-refractivity contribution in [2.75, 3.05) is 0 Å². The van der Waals surface area contributed by atoms with Gasteiger partial charge in [-0.2, -0.15) is 4.90 Å². The van der Waals surface area contributed by atoms with Gasteiger partial charge in [0.25, 0.3) is 5.91 Å². The first kappa shape index (κ1) is 12.0. The Labute approximate surface area is 88.4 Å². The van der Waals surface area contributed by atoms with Crippen LogP contribution in [-0.4, -0.2) is 23.1 Å². The molecule has 0 bridgehead atoms. The number of rotatable bonds is 1. The normalized spacial score (nSPS) is 10.9. The van der Waals surface area contributed by atoms with E-state index in [9.17, 15) is 22.8 Å². The molecular weight excluding hydrogens is 225 g/mol. The van der Waals surface area contributed by atoms with E-state index in [4.69, 9.17) is 0 Å². The molecule has 0 spiro atoms.